The van der Waals surface area contributed by atoms with Crippen LogP contribution in [0.1, 0.15) is 9.67 Å². The highest BCUT2D eigenvalue weighted by Gasteiger charge is 2.13. The Labute approximate surface area is 89.8 Å². The Bertz CT molecular complexity index is 511. The van der Waals surface area contributed by atoms with E-state index in [0.717, 1.165) is 11.3 Å². The van der Waals surface area contributed by atoms with Gasteiger partial charge in [-0.05, 0) is 12.1 Å². The fourth-order valence-corrected chi connectivity index (χ4v) is 2.54. The van der Waals surface area contributed by atoms with Gasteiger partial charge in [0, 0.05) is 0 Å². The molecule has 0 aliphatic heterocycles. The largest absolute Gasteiger partial charge is 0.477 e. The van der Waals surface area contributed by atoms with Crippen molar-refractivity contribution in [2.24, 2.45) is 0 Å². The number of nitrogens with one attached hydrogen (secondary N) is 1. The van der Waals surface area contributed by atoms with E-state index in [9.17, 15) is 13.2 Å². The molecule has 1 aromatic heterocycles. The van der Waals surface area contributed by atoms with Crippen LogP contribution in [0.2, 0.25) is 0 Å². The molecule has 0 fully saturated rings. The van der Waals surface area contributed by atoms with Gasteiger partial charge < -0.3 is 5.11 Å². The van der Waals surface area contributed by atoms with E-state index in [-0.39, 0.29) is 9.88 Å². The second-order valence-corrected chi connectivity index (χ2v) is 5.29. The molecule has 0 aromatic carbocycles. The normalized spacial score (nSPS) is 10.6. The summed E-state index contributed by atoms with van der Waals surface area (Å²) in [5.74, 6) is -1.78. The SMILES string of the molecule is N#CCS(=O)(=O)Nc1ccc(C(=O)O)s1. The molecule has 0 aliphatic carbocycles. The average molecular weight is 246 g/mol. The van der Waals surface area contributed by atoms with E-state index in [0.29, 0.717) is 0 Å². The predicted molar refractivity (Wildman–Crippen MR) is 54.3 cm³/mol. The number of aromatic carboxylic acids is 1. The number of anilines is 1. The highest BCUT2D eigenvalue weighted by molar-refractivity contribution is 7.93. The maximum Gasteiger partial charge on any atom is 0.345 e. The van der Waals surface area contributed by atoms with Gasteiger partial charge in [0.1, 0.15) is 9.88 Å². The quantitative estimate of drug-likeness (QED) is 0.813. The number of hydrogen-bond acceptors (Lipinski definition) is 5. The van der Waals surface area contributed by atoms with Crippen LogP contribution < -0.4 is 4.72 Å². The average Bonchev–Trinajstić information content (AvgIpc) is 2.51. The van der Waals surface area contributed by atoms with E-state index >= 15 is 0 Å². The number of carboxylic acid groups (broad SMARTS) is 1. The van der Waals surface area contributed by atoms with Crippen LogP contribution in [0.3, 0.4) is 0 Å². The van der Waals surface area contributed by atoms with Gasteiger partial charge in [-0.2, -0.15) is 5.26 Å². The zero-order valence-corrected chi connectivity index (χ0v) is 8.93. The third-order valence-corrected chi connectivity index (χ3v) is 3.49. The molecule has 80 valence electrons. The van der Waals surface area contributed by atoms with E-state index in [2.05, 4.69) is 4.72 Å². The Morgan fingerprint density at radius 2 is 2.27 bits per heavy atom. The zero-order chi connectivity index (χ0) is 11.5. The van der Waals surface area contributed by atoms with Gasteiger partial charge in [-0.1, -0.05) is 0 Å². The molecular weight excluding hydrogens is 240 g/mol. The smallest absolute Gasteiger partial charge is 0.345 e. The van der Waals surface area contributed by atoms with Crippen LogP contribution >= 0.6 is 11.3 Å². The van der Waals surface area contributed by atoms with E-state index < -0.39 is 21.7 Å². The third kappa shape index (κ3) is 3.23. The molecule has 1 rings (SSSR count). The summed E-state index contributed by atoms with van der Waals surface area (Å²) in [6, 6.07) is 4.12. The fourth-order valence-electron chi connectivity index (χ4n) is 0.782. The summed E-state index contributed by atoms with van der Waals surface area (Å²) in [4.78, 5) is 10.5. The first kappa shape index (κ1) is 11.5. The van der Waals surface area contributed by atoms with Crippen LogP contribution in [0.25, 0.3) is 0 Å². The van der Waals surface area contributed by atoms with Crippen LogP contribution in [-0.4, -0.2) is 25.2 Å². The molecule has 0 bridgehead atoms. The number of thiophene rings is 1. The van der Waals surface area contributed by atoms with Crippen LogP contribution in [0.4, 0.5) is 5.00 Å². The lowest BCUT2D eigenvalue weighted by atomic mass is 10.5. The second-order valence-electron chi connectivity index (χ2n) is 2.49. The number of carbonyl (C=O) groups is 1. The number of rotatable bonds is 4. The first-order valence-electron chi connectivity index (χ1n) is 3.65. The minimum Gasteiger partial charge on any atom is -0.477 e. The predicted octanol–water partition coefficient (Wildman–Crippen LogP) is 0.712. The zero-order valence-electron chi connectivity index (χ0n) is 7.30. The number of hydrogen-bond donors (Lipinski definition) is 2. The molecule has 2 N–H and O–H groups in total. The Kier molecular flexibility index (Phi) is 3.28. The Morgan fingerprint density at radius 1 is 1.60 bits per heavy atom. The van der Waals surface area contributed by atoms with Gasteiger partial charge in [0.15, 0.2) is 5.75 Å². The van der Waals surface area contributed by atoms with E-state index in [1.165, 1.54) is 18.2 Å². The lowest BCUT2D eigenvalue weighted by molar-refractivity contribution is 0.0702. The Morgan fingerprint density at radius 3 is 2.73 bits per heavy atom. The molecule has 0 unspecified atom stereocenters. The Hall–Kier alpha value is -1.59. The molecule has 0 saturated carbocycles. The molecule has 0 saturated heterocycles. The first-order chi connectivity index (χ1) is 6.94. The maximum absolute atomic E-state index is 11.1. The van der Waals surface area contributed by atoms with Crippen molar-refractivity contribution >= 4 is 32.3 Å². The van der Waals surface area contributed by atoms with Crippen molar-refractivity contribution in [1.29, 1.82) is 5.26 Å². The fraction of sp³-hybridized carbons (Fsp3) is 0.143. The molecular formula is C7H6N2O4S2. The van der Waals surface area contributed by atoms with Gasteiger partial charge in [-0.15, -0.1) is 11.3 Å². The van der Waals surface area contributed by atoms with Crippen LogP contribution in [0, 0.1) is 11.3 Å². The summed E-state index contributed by atoms with van der Waals surface area (Å²) in [5, 5.41) is 17.0. The minimum absolute atomic E-state index is 0.0321. The van der Waals surface area contributed by atoms with Crippen LogP contribution in [0.5, 0.6) is 0 Å². The third-order valence-electron chi connectivity index (χ3n) is 1.33. The van der Waals surface area contributed by atoms with E-state index in [1.54, 1.807) is 0 Å². The minimum atomic E-state index is -3.69. The molecule has 8 heteroatoms. The molecule has 0 spiro atoms. The van der Waals surface area contributed by atoms with Gasteiger partial charge in [-0.3, -0.25) is 4.72 Å². The number of sulfonamides is 1. The monoisotopic (exact) mass is 246 g/mol. The van der Waals surface area contributed by atoms with Crippen LogP contribution in [0.15, 0.2) is 12.1 Å². The maximum atomic E-state index is 11.1. The van der Waals surface area contributed by atoms with Crippen molar-refractivity contribution < 1.29 is 18.3 Å². The van der Waals surface area contributed by atoms with Gasteiger partial charge in [0.25, 0.3) is 0 Å². The van der Waals surface area contributed by atoms with Gasteiger partial charge in [0.2, 0.25) is 10.0 Å². The lowest BCUT2D eigenvalue weighted by Gasteiger charge is -1.99. The van der Waals surface area contributed by atoms with Crippen molar-refractivity contribution in [2.45, 2.75) is 0 Å². The first-order valence-corrected chi connectivity index (χ1v) is 6.12. The number of nitrogens with zero attached hydrogens (tertiary/aromatic N) is 1. The summed E-state index contributed by atoms with van der Waals surface area (Å²) in [6.07, 6.45) is 0. The van der Waals surface area contributed by atoms with Gasteiger partial charge in [-0.25, -0.2) is 13.2 Å². The van der Waals surface area contributed by atoms with Crippen molar-refractivity contribution in [2.75, 3.05) is 10.5 Å². The van der Waals surface area contributed by atoms with Crippen molar-refractivity contribution in [3.8, 4) is 6.07 Å². The molecule has 0 radical (unpaired) electrons. The van der Waals surface area contributed by atoms with Gasteiger partial charge in [0.05, 0.1) is 6.07 Å². The van der Waals surface area contributed by atoms with E-state index in [1.807, 2.05) is 0 Å². The summed E-state index contributed by atoms with van der Waals surface area (Å²) in [7, 11) is -3.69. The molecule has 0 amide bonds. The molecule has 1 heterocycles. The summed E-state index contributed by atoms with van der Waals surface area (Å²) >= 11 is 0.794. The molecule has 0 aliphatic rings. The summed E-state index contributed by atoms with van der Waals surface area (Å²) < 4.78 is 24.3. The van der Waals surface area contributed by atoms with Crippen molar-refractivity contribution in [1.82, 2.24) is 0 Å². The standard InChI is InChI=1S/C7H6N2O4S2/c8-3-4-15(12,13)9-6-2-1-5(14-6)7(10)11/h1-2,9H,4H2,(H,10,11). The summed E-state index contributed by atoms with van der Waals surface area (Å²) in [5.41, 5.74) is 0. The Balaban J connectivity index is 2.83. The van der Waals surface area contributed by atoms with Crippen molar-refractivity contribution in [3.05, 3.63) is 17.0 Å². The van der Waals surface area contributed by atoms with E-state index in [4.69, 9.17) is 10.4 Å². The number of nitriles is 1. The highest BCUT2D eigenvalue weighted by Crippen LogP contribution is 2.22. The topological polar surface area (TPSA) is 107 Å². The van der Waals surface area contributed by atoms with Crippen LogP contribution in [-0.2, 0) is 10.0 Å². The molecule has 1 aromatic rings. The molecule has 0 atom stereocenters. The molecule has 15 heavy (non-hydrogen) atoms. The van der Waals surface area contributed by atoms with Crippen molar-refractivity contribution in [3.63, 3.8) is 0 Å². The highest BCUT2D eigenvalue weighted by atomic mass is 32.2. The van der Waals surface area contributed by atoms with Gasteiger partial charge >= 0.3 is 5.97 Å². The molecule has 6 nitrogen and oxygen atoms in total. The lowest BCUT2D eigenvalue weighted by Crippen LogP contribution is -2.14. The summed E-state index contributed by atoms with van der Waals surface area (Å²) in [6.45, 7) is 0. The number of carboxylic acids is 1. The second kappa shape index (κ2) is 4.29.